The van der Waals surface area contributed by atoms with Crippen LogP contribution in [-0.2, 0) is 32.1 Å². The highest BCUT2D eigenvalue weighted by Gasteiger charge is 2.04. The van der Waals surface area contributed by atoms with Gasteiger partial charge in [0.05, 0.1) is 0 Å². The van der Waals surface area contributed by atoms with Crippen molar-refractivity contribution in [2.24, 2.45) is 0 Å². The van der Waals surface area contributed by atoms with Crippen molar-refractivity contribution in [3.8, 4) is 11.1 Å². The Morgan fingerprint density at radius 3 is 1.21 bits per heavy atom. The van der Waals surface area contributed by atoms with Crippen molar-refractivity contribution in [2.75, 3.05) is 0 Å². The second-order valence-corrected chi connectivity index (χ2v) is 8.71. The third-order valence-electron chi connectivity index (χ3n) is 6.19. The number of hydrogen-bond acceptors (Lipinski definition) is 0. The van der Waals surface area contributed by atoms with Crippen LogP contribution in [-0.4, -0.2) is 0 Å². The lowest BCUT2D eigenvalue weighted by Crippen LogP contribution is -1.94. The first-order chi connectivity index (χ1) is 16.1. The van der Waals surface area contributed by atoms with Crippen molar-refractivity contribution in [3.05, 3.63) is 130 Å². The molecule has 0 amide bonds. The van der Waals surface area contributed by atoms with Gasteiger partial charge in [0.2, 0.25) is 0 Å². The quantitative estimate of drug-likeness (QED) is 0.246. The number of halogens is 2. The molecule has 0 saturated carbocycles. The van der Waals surface area contributed by atoms with Gasteiger partial charge in [0.25, 0.3) is 0 Å². The molecule has 2 heteroatoms. The average molecular weight is 441 g/mol. The summed E-state index contributed by atoms with van der Waals surface area (Å²) in [6.07, 6.45) is 5.91. The molecular formula is C31H30F2. The van der Waals surface area contributed by atoms with Crippen LogP contribution < -0.4 is 0 Å². The molecule has 4 aromatic carbocycles. The molecule has 0 N–H and O–H groups in total. The van der Waals surface area contributed by atoms with Crippen molar-refractivity contribution < 1.29 is 8.78 Å². The summed E-state index contributed by atoms with van der Waals surface area (Å²) in [5, 5.41) is 0. The highest BCUT2D eigenvalue weighted by molar-refractivity contribution is 5.64. The van der Waals surface area contributed by atoms with Crippen LogP contribution in [0.15, 0.2) is 91.0 Å². The molecule has 0 aromatic heterocycles. The van der Waals surface area contributed by atoms with Crippen LogP contribution in [0.1, 0.15) is 41.2 Å². The Hall–Kier alpha value is -3.26. The van der Waals surface area contributed by atoms with Gasteiger partial charge in [-0.3, -0.25) is 0 Å². The molecular weight excluding hydrogens is 410 g/mol. The van der Waals surface area contributed by atoms with Crippen molar-refractivity contribution >= 4 is 0 Å². The van der Waals surface area contributed by atoms with Crippen LogP contribution in [0, 0.1) is 11.6 Å². The minimum absolute atomic E-state index is 0.687. The van der Waals surface area contributed by atoms with Gasteiger partial charge < -0.3 is 0 Å². The Labute approximate surface area is 195 Å². The molecule has 0 radical (unpaired) electrons. The first-order valence-electron chi connectivity index (χ1n) is 11.8. The molecule has 0 unspecified atom stereocenters. The third-order valence-corrected chi connectivity index (χ3v) is 6.19. The first-order valence-corrected chi connectivity index (χ1v) is 11.8. The molecule has 0 nitrogen and oxygen atoms in total. The summed E-state index contributed by atoms with van der Waals surface area (Å²) in [7, 11) is 0. The van der Waals surface area contributed by atoms with E-state index < -0.39 is 11.6 Å². The van der Waals surface area contributed by atoms with E-state index in [0.29, 0.717) is 6.42 Å². The number of hydrogen-bond donors (Lipinski definition) is 0. The fourth-order valence-corrected chi connectivity index (χ4v) is 4.16. The van der Waals surface area contributed by atoms with E-state index in [2.05, 4.69) is 79.7 Å². The van der Waals surface area contributed by atoms with Gasteiger partial charge in [-0.2, -0.15) is 0 Å². The molecule has 4 aromatic rings. The Morgan fingerprint density at radius 2 is 0.788 bits per heavy atom. The number of aryl methyl sites for hydroxylation is 5. The van der Waals surface area contributed by atoms with Gasteiger partial charge in [-0.25, -0.2) is 8.78 Å². The summed E-state index contributed by atoms with van der Waals surface area (Å²) in [4.78, 5) is 0. The van der Waals surface area contributed by atoms with E-state index in [0.717, 1.165) is 31.2 Å². The zero-order valence-corrected chi connectivity index (χ0v) is 19.2. The summed E-state index contributed by atoms with van der Waals surface area (Å²) in [6.45, 7) is 2.21. The smallest absolute Gasteiger partial charge is 0.159 e. The number of benzene rings is 4. The summed E-state index contributed by atoms with van der Waals surface area (Å²) < 4.78 is 26.4. The predicted octanol–water partition coefficient (Wildman–Crippen LogP) is 8.15. The molecule has 4 rings (SSSR count). The van der Waals surface area contributed by atoms with E-state index in [4.69, 9.17) is 0 Å². The van der Waals surface area contributed by atoms with E-state index in [9.17, 15) is 8.78 Å². The number of rotatable bonds is 9. The summed E-state index contributed by atoms with van der Waals surface area (Å²) in [6, 6.07) is 30.5. The monoisotopic (exact) mass is 440 g/mol. The van der Waals surface area contributed by atoms with Crippen molar-refractivity contribution in [3.63, 3.8) is 0 Å². The lowest BCUT2D eigenvalue weighted by atomic mass is 9.98. The topological polar surface area (TPSA) is 0 Å². The highest BCUT2D eigenvalue weighted by atomic mass is 19.2. The molecule has 0 atom stereocenters. The normalized spacial score (nSPS) is 11.0. The minimum atomic E-state index is -0.796. The predicted molar refractivity (Wildman–Crippen MR) is 133 cm³/mol. The fraction of sp³-hybridized carbons (Fsp3) is 0.226. The Balaban J connectivity index is 1.31. The molecule has 0 saturated heterocycles. The van der Waals surface area contributed by atoms with E-state index in [-0.39, 0.29) is 0 Å². The van der Waals surface area contributed by atoms with Gasteiger partial charge in [0.15, 0.2) is 11.6 Å². The molecule has 0 fully saturated rings. The molecule has 168 valence electrons. The third kappa shape index (κ3) is 6.38. The first kappa shape index (κ1) is 22.9. The van der Waals surface area contributed by atoms with Crippen LogP contribution in [0.2, 0.25) is 0 Å². The molecule has 0 heterocycles. The maximum Gasteiger partial charge on any atom is 0.159 e. The van der Waals surface area contributed by atoms with Gasteiger partial charge in [-0.1, -0.05) is 92.2 Å². The maximum absolute atomic E-state index is 13.4. The zero-order chi connectivity index (χ0) is 23.0. The Kier molecular flexibility index (Phi) is 7.67. The van der Waals surface area contributed by atoms with E-state index in [1.54, 1.807) is 6.07 Å². The second-order valence-electron chi connectivity index (χ2n) is 8.71. The molecule has 0 aliphatic carbocycles. The highest BCUT2D eigenvalue weighted by Crippen LogP contribution is 2.22. The van der Waals surface area contributed by atoms with Crippen LogP contribution in [0.4, 0.5) is 8.78 Å². The molecule has 0 bridgehead atoms. The van der Waals surface area contributed by atoms with Crippen molar-refractivity contribution in [1.29, 1.82) is 0 Å². The second kappa shape index (κ2) is 11.0. The summed E-state index contributed by atoms with van der Waals surface area (Å²) in [5.41, 5.74) is 8.54. The largest absolute Gasteiger partial charge is 0.204 e. The Bertz CT molecular complexity index is 1160. The maximum atomic E-state index is 13.4. The average Bonchev–Trinajstić information content (AvgIpc) is 2.85. The fourth-order valence-electron chi connectivity index (χ4n) is 4.16. The lowest BCUT2D eigenvalue weighted by molar-refractivity contribution is 0.507. The molecule has 33 heavy (non-hydrogen) atoms. The molecule has 0 aliphatic rings. The molecule has 0 spiro atoms. The van der Waals surface area contributed by atoms with Crippen molar-refractivity contribution in [1.82, 2.24) is 0 Å². The van der Waals surface area contributed by atoms with Crippen LogP contribution >= 0.6 is 0 Å². The summed E-state index contributed by atoms with van der Waals surface area (Å²) in [5.74, 6) is -1.58. The Morgan fingerprint density at radius 1 is 0.424 bits per heavy atom. The zero-order valence-electron chi connectivity index (χ0n) is 19.2. The molecule has 0 aliphatic heterocycles. The standard InChI is InChI=1S/C31H30F2/c1-2-3-23-4-6-24(7-5-23)8-9-25-12-17-28(18-13-25)29-19-14-26(15-20-29)10-11-27-16-21-30(32)31(33)22-27/h4-7,12-22H,2-3,8-11H2,1H3. The van der Waals surface area contributed by atoms with Gasteiger partial charge in [-0.15, -0.1) is 0 Å². The van der Waals surface area contributed by atoms with Crippen molar-refractivity contribution in [2.45, 2.75) is 45.4 Å². The van der Waals surface area contributed by atoms with Crippen LogP contribution in [0.25, 0.3) is 11.1 Å². The van der Waals surface area contributed by atoms with Crippen LogP contribution in [0.3, 0.4) is 0 Å². The SMILES string of the molecule is CCCc1ccc(CCc2ccc(-c3ccc(CCc4ccc(F)c(F)c4)cc3)cc2)cc1. The summed E-state index contributed by atoms with van der Waals surface area (Å²) >= 11 is 0. The van der Waals surface area contributed by atoms with Gasteiger partial charge in [0.1, 0.15) is 0 Å². The van der Waals surface area contributed by atoms with Gasteiger partial charge >= 0.3 is 0 Å². The van der Waals surface area contributed by atoms with Gasteiger partial charge in [-0.05, 0) is 83.2 Å². The van der Waals surface area contributed by atoms with Crippen LogP contribution in [0.5, 0.6) is 0 Å². The van der Waals surface area contributed by atoms with Gasteiger partial charge in [0, 0.05) is 0 Å². The van der Waals surface area contributed by atoms with E-state index in [1.165, 1.54) is 51.9 Å². The minimum Gasteiger partial charge on any atom is -0.204 e. The lowest BCUT2D eigenvalue weighted by Gasteiger charge is -2.08. The van der Waals surface area contributed by atoms with E-state index in [1.807, 2.05) is 0 Å². The van der Waals surface area contributed by atoms with E-state index >= 15 is 0 Å².